The van der Waals surface area contributed by atoms with Crippen LogP contribution < -0.4 is 5.73 Å². The molecular weight excluding hydrogens is 284 g/mol. The molecule has 2 amide bonds. The number of piperidine rings is 1. The Hall–Kier alpha value is -1.07. The highest BCUT2D eigenvalue weighted by Gasteiger charge is 2.25. The first-order chi connectivity index (χ1) is 9.06. The van der Waals surface area contributed by atoms with Crippen molar-refractivity contribution in [1.82, 2.24) is 4.90 Å². The van der Waals surface area contributed by atoms with Crippen LogP contribution in [0.2, 0.25) is 5.02 Å². The summed E-state index contributed by atoms with van der Waals surface area (Å²) in [6.45, 7) is 1.27. The number of nitrogens with zero attached hydrogens (tertiary/aromatic N) is 1. The maximum absolute atomic E-state index is 12.0. The topological polar surface area (TPSA) is 63.4 Å². The lowest BCUT2D eigenvalue weighted by Gasteiger charge is -2.30. The number of rotatable bonds is 4. The largest absolute Gasteiger partial charge is 0.369 e. The van der Waals surface area contributed by atoms with Gasteiger partial charge >= 0.3 is 0 Å². The summed E-state index contributed by atoms with van der Waals surface area (Å²) in [6.07, 6.45) is 2.60. The molecule has 1 saturated heterocycles. The van der Waals surface area contributed by atoms with Gasteiger partial charge in [0.1, 0.15) is 0 Å². The average Bonchev–Trinajstić information content (AvgIpc) is 2.82. The first-order valence-corrected chi connectivity index (χ1v) is 7.62. The van der Waals surface area contributed by atoms with Crippen molar-refractivity contribution in [3.8, 4) is 0 Å². The van der Waals surface area contributed by atoms with E-state index in [2.05, 4.69) is 0 Å². The van der Waals surface area contributed by atoms with Crippen molar-refractivity contribution in [2.24, 2.45) is 11.7 Å². The molecule has 2 rings (SSSR count). The highest BCUT2D eigenvalue weighted by Crippen LogP contribution is 2.22. The molecule has 0 radical (unpaired) electrons. The van der Waals surface area contributed by atoms with Gasteiger partial charge in [-0.05, 0) is 25.3 Å². The number of hydrogen-bond acceptors (Lipinski definition) is 3. The zero-order chi connectivity index (χ0) is 13.8. The number of carbonyl (C=O) groups excluding carboxylic acids is 2. The summed E-state index contributed by atoms with van der Waals surface area (Å²) in [5.74, 6) is -0.173. The zero-order valence-electron chi connectivity index (χ0n) is 10.6. The van der Waals surface area contributed by atoms with Gasteiger partial charge in [-0.15, -0.1) is 11.3 Å². The number of hydrogen-bond donors (Lipinski definition) is 1. The summed E-state index contributed by atoms with van der Waals surface area (Å²) in [5, 5.41) is 2.61. The van der Waals surface area contributed by atoms with Crippen LogP contribution >= 0.6 is 22.9 Å². The Labute approximate surface area is 121 Å². The van der Waals surface area contributed by atoms with E-state index in [4.69, 9.17) is 17.3 Å². The highest BCUT2D eigenvalue weighted by molar-refractivity contribution is 7.10. The molecular formula is C13H17ClN2O2S. The van der Waals surface area contributed by atoms with Crippen molar-refractivity contribution in [3.05, 3.63) is 21.3 Å². The first-order valence-electron chi connectivity index (χ1n) is 6.36. The van der Waals surface area contributed by atoms with E-state index in [1.807, 2.05) is 16.3 Å². The molecule has 0 aromatic carbocycles. The molecule has 0 bridgehead atoms. The van der Waals surface area contributed by atoms with Crippen LogP contribution in [0.4, 0.5) is 0 Å². The Morgan fingerprint density at radius 2 is 2.11 bits per heavy atom. The maximum Gasteiger partial charge on any atom is 0.222 e. The van der Waals surface area contributed by atoms with Crippen molar-refractivity contribution in [2.75, 3.05) is 13.1 Å². The SMILES string of the molecule is NC(=O)C1CCN(C(=O)CCc2cc(Cl)cs2)CC1. The van der Waals surface area contributed by atoms with Gasteiger partial charge in [-0.3, -0.25) is 9.59 Å². The molecule has 2 N–H and O–H groups in total. The number of nitrogens with two attached hydrogens (primary N) is 1. The van der Waals surface area contributed by atoms with E-state index in [1.165, 1.54) is 0 Å². The van der Waals surface area contributed by atoms with Gasteiger partial charge in [0, 0.05) is 35.7 Å². The Morgan fingerprint density at radius 3 is 2.63 bits per heavy atom. The van der Waals surface area contributed by atoms with E-state index >= 15 is 0 Å². The summed E-state index contributed by atoms with van der Waals surface area (Å²) in [5.41, 5.74) is 5.27. The molecule has 6 heteroatoms. The minimum Gasteiger partial charge on any atom is -0.369 e. The number of thiophene rings is 1. The molecule has 1 aliphatic heterocycles. The molecule has 1 aromatic rings. The summed E-state index contributed by atoms with van der Waals surface area (Å²) in [4.78, 5) is 26.0. The predicted octanol–water partition coefficient (Wildman–Crippen LogP) is 2.06. The molecule has 1 aliphatic rings. The van der Waals surface area contributed by atoms with Gasteiger partial charge in [0.15, 0.2) is 0 Å². The van der Waals surface area contributed by atoms with Gasteiger partial charge in [0.05, 0.1) is 5.02 Å². The smallest absolute Gasteiger partial charge is 0.222 e. The number of carbonyl (C=O) groups is 2. The number of primary amides is 1. The third-order valence-corrected chi connectivity index (χ3v) is 4.80. The predicted molar refractivity (Wildman–Crippen MR) is 76.1 cm³/mol. The number of halogens is 1. The Bertz CT molecular complexity index is 467. The van der Waals surface area contributed by atoms with E-state index in [0.717, 1.165) is 16.3 Å². The van der Waals surface area contributed by atoms with Gasteiger partial charge in [0.25, 0.3) is 0 Å². The summed E-state index contributed by atoms with van der Waals surface area (Å²) in [7, 11) is 0. The molecule has 1 fully saturated rings. The summed E-state index contributed by atoms with van der Waals surface area (Å²) < 4.78 is 0. The van der Waals surface area contributed by atoms with E-state index in [1.54, 1.807) is 11.3 Å². The second kappa shape index (κ2) is 6.39. The van der Waals surface area contributed by atoms with E-state index in [9.17, 15) is 9.59 Å². The molecule has 0 spiro atoms. The second-order valence-corrected chi connectivity index (χ2v) is 6.22. The standard InChI is InChI=1S/C13H17ClN2O2S/c14-10-7-11(19-8-10)1-2-12(17)16-5-3-9(4-6-16)13(15)18/h7-9H,1-6H2,(H2,15,18). The van der Waals surface area contributed by atoms with Gasteiger partial charge in [0.2, 0.25) is 11.8 Å². The normalized spacial score (nSPS) is 16.6. The van der Waals surface area contributed by atoms with Crippen LogP contribution in [0.3, 0.4) is 0 Å². The Morgan fingerprint density at radius 1 is 1.42 bits per heavy atom. The lowest BCUT2D eigenvalue weighted by molar-refractivity contribution is -0.134. The van der Waals surface area contributed by atoms with E-state index < -0.39 is 0 Å². The maximum atomic E-state index is 12.0. The minimum atomic E-state index is -0.250. The van der Waals surface area contributed by atoms with Crippen LogP contribution in [0, 0.1) is 5.92 Å². The number of aryl methyl sites for hydroxylation is 1. The van der Waals surface area contributed by atoms with Gasteiger partial charge in [-0.2, -0.15) is 0 Å². The van der Waals surface area contributed by atoms with Crippen LogP contribution in [0.15, 0.2) is 11.4 Å². The van der Waals surface area contributed by atoms with Gasteiger partial charge < -0.3 is 10.6 Å². The third kappa shape index (κ3) is 3.94. The molecule has 1 aromatic heterocycles. The Kier molecular flexibility index (Phi) is 4.82. The fourth-order valence-corrected chi connectivity index (χ4v) is 3.36. The second-order valence-electron chi connectivity index (χ2n) is 4.79. The van der Waals surface area contributed by atoms with Crippen LogP contribution in [0.5, 0.6) is 0 Å². The highest BCUT2D eigenvalue weighted by atomic mass is 35.5. The fourth-order valence-electron chi connectivity index (χ4n) is 2.29. The van der Waals surface area contributed by atoms with Gasteiger partial charge in [-0.25, -0.2) is 0 Å². The quantitative estimate of drug-likeness (QED) is 0.925. The third-order valence-electron chi connectivity index (χ3n) is 3.46. The van der Waals surface area contributed by atoms with Crippen LogP contribution in [-0.2, 0) is 16.0 Å². The summed E-state index contributed by atoms with van der Waals surface area (Å²) >= 11 is 7.42. The number of amides is 2. The molecule has 0 saturated carbocycles. The lowest BCUT2D eigenvalue weighted by Crippen LogP contribution is -2.41. The molecule has 0 unspecified atom stereocenters. The Balaban J connectivity index is 1.77. The first kappa shape index (κ1) is 14.3. The van der Waals surface area contributed by atoms with Crippen molar-refractivity contribution >= 4 is 34.8 Å². The van der Waals surface area contributed by atoms with Crippen molar-refractivity contribution in [1.29, 1.82) is 0 Å². The minimum absolute atomic E-state index is 0.0693. The number of likely N-dealkylation sites (tertiary alicyclic amines) is 1. The van der Waals surface area contributed by atoms with E-state index in [-0.39, 0.29) is 17.7 Å². The summed E-state index contributed by atoms with van der Waals surface area (Å²) in [6, 6.07) is 1.90. The van der Waals surface area contributed by atoms with Gasteiger partial charge in [-0.1, -0.05) is 11.6 Å². The van der Waals surface area contributed by atoms with Crippen molar-refractivity contribution in [2.45, 2.75) is 25.7 Å². The lowest BCUT2D eigenvalue weighted by atomic mass is 9.96. The molecule has 4 nitrogen and oxygen atoms in total. The fraction of sp³-hybridized carbons (Fsp3) is 0.538. The van der Waals surface area contributed by atoms with Crippen LogP contribution in [-0.4, -0.2) is 29.8 Å². The zero-order valence-corrected chi connectivity index (χ0v) is 12.2. The van der Waals surface area contributed by atoms with Crippen LogP contribution in [0.1, 0.15) is 24.1 Å². The molecule has 2 heterocycles. The molecule has 19 heavy (non-hydrogen) atoms. The molecule has 104 valence electrons. The molecule has 0 atom stereocenters. The van der Waals surface area contributed by atoms with Crippen LogP contribution in [0.25, 0.3) is 0 Å². The van der Waals surface area contributed by atoms with E-state index in [0.29, 0.717) is 32.4 Å². The van der Waals surface area contributed by atoms with Crippen molar-refractivity contribution < 1.29 is 9.59 Å². The molecule has 0 aliphatic carbocycles. The monoisotopic (exact) mass is 300 g/mol. The average molecular weight is 301 g/mol. The van der Waals surface area contributed by atoms with Crippen molar-refractivity contribution in [3.63, 3.8) is 0 Å².